The van der Waals surface area contributed by atoms with Crippen LogP contribution < -0.4 is 0 Å². The second kappa shape index (κ2) is 7.44. The molecule has 1 N–H and O–H groups in total. The maximum atomic E-state index is 14.1. The van der Waals surface area contributed by atoms with Crippen molar-refractivity contribution in [3.8, 4) is 0 Å². The molecular weight excluding hydrogens is 277 g/mol. The third kappa shape index (κ3) is 4.20. The van der Waals surface area contributed by atoms with E-state index in [0.717, 1.165) is 32.6 Å². The third-order valence-corrected chi connectivity index (χ3v) is 3.75. The number of hydrogen-bond donors (Lipinski definition) is 1. The number of aliphatic hydroxyl groups excluding tert-OH is 1. The summed E-state index contributed by atoms with van der Waals surface area (Å²) in [5, 5.41) is 19.7. The second-order valence-corrected chi connectivity index (χ2v) is 5.20. The van der Waals surface area contributed by atoms with Crippen LogP contribution in [0.2, 0.25) is 0 Å². The van der Waals surface area contributed by atoms with Crippen LogP contribution in [0.5, 0.6) is 0 Å². The molecule has 1 aliphatic heterocycles. The number of nitro groups is 1. The molecule has 0 bridgehead atoms. The largest absolute Gasteiger partial charge is 0.395 e. The van der Waals surface area contributed by atoms with Crippen LogP contribution in [0.15, 0.2) is 18.2 Å². The summed E-state index contributed by atoms with van der Waals surface area (Å²) < 4.78 is 14.1. The van der Waals surface area contributed by atoms with Crippen LogP contribution in [0.1, 0.15) is 12.0 Å². The average molecular weight is 297 g/mol. The summed E-state index contributed by atoms with van der Waals surface area (Å²) in [6.45, 7) is 4.48. The second-order valence-electron chi connectivity index (χ2n) is 5.20. The summed E-state index contributed by atoms with van der Waals surface area (Å²) in [4.78, 5) is 14.3. The number of benzene rings is 1. The van der Waals surface area contributed by atoms with Crippen molar-refractivity contribution in [1.82, 2.24) is 9.80 Å². The van der Waals surface area contributed by atoms with E-state index in [0.29, 0.717) is 18.7 Å². The zero-order valence-corrected chi connectivity index (χ0v) is 11.9. The zero-order valence-electron chi connectivity index (χ0n) is 11.9. The summed E-state index contributed by atoms with van der Waals surface area (Å²) in [5.74, 6) is -0.737. The van der Waals surface area contributed by atoms with Crippen LogP contribution in [0.25, 0.3) is 0 Å². The Labute approximate surface area is 122 Å². The Hall–Kier alpha value is -1.57. The Morgan fingerprint density at radius 3 is 2.67 bits per heavy atom. The Balaban J connectivity index is 2.02. The molecular formula is C14H20FN3O3. The number of nitrogens with zero attached hydrogens (tertiary/aromatic N) is 3. The molecule has 0 saturated carbocycles. The van der Waals surface area contributed by atoms with Crippen LogP contribution in [0.3, 0.4) is 0 Å². The van der Waals surface area contributed by atoms with Crippen molar-refractivity contribution in [3.05, 3.63) is 39.7 Å². The Morgan fingerprint density at radius 2 is 1.95 bits per heavy atom. The summed E-state index contributed by atoms with van der Waals surface area (Å²) in [7, 11) is 0. The first-order valence-corrected chi connectivity index (χ1v) is 7.09. The minimum atomic E-state index is -0.737. The number of aliphatic hydroxyl groups is 1. The van der Waals surface area contributed by atoms with Gasteiger partial charge < -0.3 is 5.11 Å². The minimum Gasteiger partial charge on any atom is -0.395 e. The predicted octanol–water partition coefficient (Wildman–Crippen LogP) is 1.23. The molecule has 0 spiro atoms. The van der Waals surface area contributed by atoms with Gasteiger partial charge in [-0.15, -0.1) is 0 Å². The van der Waals surface area contributed by atoms with Gasteiger partial charge in [0.05, 0.1) is 11.5 Å². The summed E-state index contributed by atoms with van der Waals surface area (Å²) in [6, 6.07) is 4.30. The van der Waals surface area contributed by atoms with Gasteiger partial charge >= 0.3 is 5.69 Å². The molecule has 7 heteroatoms. The van der Waals surface area contributed by atoms with Crippen LogP contribution >= 0.6 is 0 Å². The fourth-order valence-electron chi connectivity index (χ4n) is 2.62. The number of rotatable bonds is 5. The lowest BCUT2D eigenvalue weighted by molar-refractivity contribution is -0.387. The first kappa shape index (κ1) is 15.8. The van der Waals surface area contributed by atoms with Crippen molar-refractivity contribution in [3.63, 3.8) is 0 Å². The Kier molecular flexibility index (Phi) is 5.60. The van der Waals surface area contributed by atoms with E-state index in [2.05, 4.69) is 9.80 Å². The highest BCUT2D eigenvalue weighted by molar-refractivity contribution is 5.36. The number of β-amino-alcohol motifs (C(OH)–C–C–N with tert-alkyl or cyclic N) is 1. The third-order valence-electron chi connectivity index (χ3n) is 3.75. The molecule has 6 nitrogen and oxygen atoms in total. The highest BCUT2D eigenvalue weighted by Crippen LogP contribution is 2.21. The summed E-state index contributed by atoms with van der Waals surface area (Å²) in [6.07, 6.45) is 0.941. The summed E-state index contributed by atoms with van der Waals surface area (Å²) in [5.41, 5.74) is -0.107. The van der Waals surface area contributed by atoms with E-state index in [9.17, 15) is 14.5 Å². The van der Waals surface area contributed by atoms with Crippen molar-refractivity contribution in [2.24, 2.45) is 0 Å². The van der Waals surface area contributed by atoms with Gasteiger partial charge in [-0.2, -0.15) is 4.39 Å². The van der Waals surface area contributed by atoms with Gasteiger partial charge in [0.1, 0.15) is 0 Å². The predicted molar refractivity (Wildman–Crippen MR) is 76.5 cm³/mol. The fourth-order valence-corrected chi connectivity index (χ4v) is 2.62. The molecule has 1 aromatic rings. The van der Waals surface area contributed by atoms with E-state index >= 15 is 0 Å². The minimum absolute atomic E-state index is 0.138. The maximum absolute atomic E-state index is 14.1. The van der Waals surface area contributed by atoms with E-state index < -0.39 is 16.4 Å². The van der Waals surface area contributed by atoms with Crippen molar-refractivity contribution in [2.75, 3.05) is 39.3 Å². The Morgan fingerprint density at radius 1 is 1.24 bits per heavy atom. The average Bonchev–Trinajstić information content (AvgIpc) is 2.67. The highest BCUT2D eigenvalue weighted by Gasteiger charge is 2.20. The molecule has 0 atom stereocenters. The van der Waals surface area contributed by atoms with E-state index in [1.165, 1.54) is 12.1 Å². The van der Waals surface area contributed by atoms with E-state index in [4.69, 9.17) is 5.11 Å². The van der Waals surface area contributed by atoms with Gasteiger partial charge in [-0.05, 0) is 19.5 Å². The van der Waals surface area contributed by atoms with Crippen LogP contribution in [-0.2, 0) is 6.54 Å². The molecule has 116 valence electrons. The zero-order chi connectivity index (χ0) is 15.2. The molecule has 0 unspecified atom stereocenters. The normalized spacial score (nSPS) is 17.6. The number of hydrogen-bond acceptors (Lipinski definition) is 5. The Bertz CT molecular complexity index is 498. The molecule has 0 aromatic heterocycles. The molecule has 1 fully saturated rings. The molecule has 1 aliphatic rings. The van der Waals surface area contributed by atoms with Crippen LogP contribution in [0, 0.1) is 15.9 Å². The first-order valence-electron chi connectivity index (χ1n) is 7.09. The number of halogens is 1. The lowest BCUT2D eigenvalue weighted by Crippen LogP contribution is -2.32. The molecule has 21 heavy (non-hydrogen) atoms. The van der Waals surface area contributed by atoms with Crippen molar-refractivity contribution >= 4 is 5.69 Å². The van der Waals surface area contributed by atoms with E-state index in [1.807, 2.05) is 0 Å². The molecule has 1 aromatic carbocycles. The van der Waals surface area contributed by atoms with E-state index in [1.54, 1.807) is 6.07 Å². The van der Waals surface area contributed by atoms with Crippen molar-refractivity contribution < 1.29 is 14.4 Å². The SMILES string of the molecule is O=[N+]([O-])c1cccc(CN2CCCN(CCO)CC2)c1F. The molecule has 0 aliphatic carbocycles. The number of nitro benzene ring substituents is 1. The molecule has 0 amide bonds. The quantitative estimate of drug-likeness (QED) is 0.654. The maximum Gasteiger partial charge on any atom is 0.305 e. The van der Waals surface area contributed by atoms with Gasteiger partial charge in [-0.1, -0.05) is 12.1 Å². The highest BCUT2D eigenvalue weighted by atomic mass is 19.1. The van der Waals surface area contributed by atoms with Gasteiger partial charge in [0.15, 0.2) is 0 Å². The first-order chi connectivity index (χ1) is 10.1. The topological polar surface area (TPSA) is 69.9 Å². The lowest BCUT2D eigenvalue weighted by Gasteiger charge is -2.21. The van der Waals surface area contributed by atoms with Gasteiger partial charge in [-0.3, -0.25) is 19.9 Å². The fraction of sp³-hybridized carbons (Fsp3) is 0.571. The van der Waals surface area contributed by atoms with Gasteiger partial charge in [0, 0.05) is 37.8 Å². The molecule has 2 rings (SSSR count). The molecule has 1 saturated heterocycles. The van der Waals surface area contributed by atoms with Gasteiger partial charge in [0.25, 0.3) is 0 Å². The van der Waals surface area contributed by atoms with Gasteiger partial charge in [0.2, 0.25) is 5.82 Å². The van der Waals surface area contributed by atoms with E-state index in [-0.39, 0.29) is 6.61 Å². The van der Waals surface area contributed by atoms with Crippen LogP contribution in [-0.4, -0.2) is 59.2 Å². The molecule has 0 radical (unpaired) electrons. The van der Waals surface area contributed by atoms with Crippen LogP contribution in [0.4, 0.5) is 10.1 Å². The monoisotopic (exact) mass is 297 g/mol. The summed E-state index contributed by atoms with van der Waals surface area (Å²) >= 11 is 0. The standard InChI is InChI=1S/C14H20FN3O3/c15-14-12(3-1-4-13(14)18(20)21)11-17-6-2-5-16(7-8-17)9-10-19/h1,3-4,19H,2,5-11H2. The van der Waals surface area contributed by atoms with Crippen molar-refractivity contribution in [1.29, 1.82) is 0 Å². The lowest BCUT2D eigenvalue weighted by atomic mass is 10.1. The van der Waals surface area contributed by atoms with Crippen molar-refractivity contribution in [2.45, 2.75) is 13.0 Å². The smallest absolute Gasteiger partial charge is 0.305 e. The molecule has 1 heterocycles. The van der Waals surface area contributed by atoms with Gasteiger partial charge in [-0.25, -0.2) is 0 Å².